The Labute approximate surface area is 118 Å². The molecule has 0 aliphatic carbocycles. The number of carbonyl (C=O) groups is 1. The summed E-state index contributed by atoms with van der Waals surface area (Å²) in [6, 6.07) is 1.73. The zero-order valence-electron chi connectivity index (χ0n) is 11.2. The van der Waals surface area contributed by atoms with E-state index in [9.17, 15) is 23.1 Å². The van der Waals surface area contributed by atoms with Crippen LogP contribution in [-0.4, -0.2) is 30.3 Å². The number of anilines is 1. The van der Waals surface area contributed by atoms with Gasteiger partial charge in [-0.2, -0.15) is 13.2 Å². The minimum Gasteiger partial charge on any atom is -0.506 e. The van der Waals surface area contributed by atoms with E-state index in [0.29, 0.717) is 6.07 Å². The van der Waals surface area contributed by atoms with E-state index < -0.39 is 34.9 Å². The monoisotopic (exact) mass is 304 g/mol. The molecule has 1 aromatic rings. The standard InChI is InChI=1S/C13H15F3N2O3/c1-12(6-21-5-10(12)17)11(20)18-8-4-7(13(14,15)16)2-3-9(8)19/h2-4,10,19H,5-6,17H2,1H3,(H,18,20). The molecule has 5 nitrogen and oxygen atoms in total. The number of ether oxygens (including phenoxy) is 1. The van der Waals surface area contributed by atoms with Crippen LogP contribution in [0.3, 0.4) is 0 Å². The van der Waals surface area contributed by atoms with Crippen molar-refractivity contribution < 1.29 is 27.8 Å². The highest BCUT2D eigenvalue weighted by atomic mass is 19.4. The van der Waals surface area contributed by atoms with Gasteiger partial charge in [0.05, 0.1) is 29.9 Å². The van der Waals surface area contributed by atoms with Crippen LogP contribution in [-0.2, 0) is 15.7 Å². The predicted octanol–water partition coefficient (Wildman–Crippen LogP) is 1.71. The molecule has 0 aromatic heterocycles. The molecule has 0 saturated carbocycles. The van der Waals surface area contributed by atoms with Gasteiger partial charge in [-0.1, -0.05) is 0 Å². The molecule has 1 aliphatic heterocycles. The van der Waals surface area contributed by atoms with Crippen LogP contribution in [0.25, 0.3) is 0 Å². The van der Waals surface area contributed by atoms with Gasteiger partial charge < -0.3 is 20.9 Å². The van der Waals surface area contributed by atoms with Crippen molar-refractivity contribution in [3.8, 4) is 5.75 Å². The summed E-state index contributed by atoms with van der Waals surface area (Å²) >= 11 is 0. The van der Waals surface area contributed by atoms with Crippen molar-refractivity contribution in [2.75, 3.05) is 18.5 Å². The van der Waals surface area contributed by atoms with Gasteiger partial charge in [0.1, 0.15) is 5.75 Å². The van der Waals surface area contributed by atoms with Crippen molar-refractivity contribution in [2.45, 2.75) is 19.1 Å². The number of carbonyl (C=O) groups excluding carboxylic acids is 1. The number of amides is 1. The number of nitrogens with one attached hydrogen (secondary N) is 1. The fraction of sp³-hybridized carbons (Fsp3) is 0.462. The summed E-state index contributed by atoms with van der Waals surface area (Å²) in [6.45, 7) is 1.82. The first-order chi connectivity index (χ1) is 9.64. The van der Waals surface area contributed by atoms with Crippen LogP contribution >= 0.6 is 0 Å². The third kappa shape index (κ3) is 2.96. The number of halogens is 3. The number of aromatic hydroxyl groups is 1. The van der Waals surface area contributed by atoms with Crippen LogP contribution in [0, 0.1) is 5.41 Å². The molecule has 8 heteroatoms. The third-order valence-electron chi connectivity index (χ3n) is 3.61. The Morgan fingerprint density at radius 3 is 2.71 bits per heavy atom. The average Bonchev–Trinajstić information content (AvgIpc) is 2.72. The zero-order valence-corrected chi connectivity index (χ0v) is 11.2. The summed E-state index contributed by atoms with van der Waals surface area (Å²) < 4.78 is 43.0. The first-order valence-electron chi connectivity index (χ1n) is 6.19. The molecule has 0 bridgehead atoms. The molecule has 1 amide bonds. The molecule has 1 fully saturated rings. The summed E-state index contributed by atoms with van der Waals surface area (Å²) in [4.78, 5) is 12.2. The molecule has 0 radical (unpaired) electrons. The lowest BCUT2D eigenvalue weighted by Crippen LogP contribution is -2.47. The maximum absolute atomic E-state index is 12.6. The number of hydrogen-bond donors (Lipinski definition) is 3. The minimum absolute atomic E-state index is 0.0692. The van der Waals surface area contributed by atoms with Gasteiger partial charge in [-0.3, -0.25) is 4.79 Å². The van der Waals surface area contributed by atoms with E-state index in [2.05, 4.69) is 5.32 Å². The van der Waals surface area contributed by atoms with E-state index in [-0.39, 0.29) is 18.9 Å². The molecule has 21 heavy (non-hydrogen) atoms. The maximum atomic E-state index is 12.6. The van der Waals surface area contributed by atoms with Gasteiger partial charge in [0, 0.05) is 6.04 Å². The summed E-state index contributed by atoms with van der Waals surface area (Å²) in [5.74, 6) is -1.05. The van der Waals surface area contributed by atoms with E-state index in [1.54, 1.807) is 6.92 Å². The molecule has 0 spiro atoms. The lowest BCUT2D eigenvalue weighted by molar-refractivity contribution is -0.137. The highest BCUT2D eigenvalue weighted by molar-refractivity contribution is 5.97. The van der Waals surface area contributed by atoms with Crippen molar-refractivity contribution in [1.82, 2.24) is 0 Å². The van der Waals surface area contributed by atoms with Crippen LogP contribution in [0.2, 0.25) is 0 Å². The number of hydrogen-bond acceptors (Lipinski definition) is 4. The average molecular weight is 304 g/mol. The predicted molar refractivity (Wildman–Crippen MR) is 68.6 cm³/mol. The number of phenolic OH excluding ortho intramolecular Hbond substituents is 1. The smallest absolute Gasteiger partial charge is 0.416 e. The Morgan fingerprint density at radius 1 is 1.52 bits per heavy atom. The van der Waals surface area contributed by atoms with Crippen molar-refractivity contribution in [1.29, 1.82) is 0 Å². The third-order valence-corrected chi connectivity index (χ3v) is 3.61. The molecule has 1 heterocycles. The minimum atomic E-state index is -4.57. The lowest BCUT2D eigenvalue weighted by Gasteiger charge is -2.25. The van der Waals surface area contributed by atoms with Gasteiger partial charge in [-0.25, -0.2) is 0 Å². The largest absolute Gasteiger partial charge is 0.506 e. The molecule has 1 aromatic carbocycles. The Balaban J connectivity index is 2.25. The van der Waals surface area contributed by atoms with Crippen LogP contribution < -0.4 is 11.1 Å². The molecule has 1 saturated heterocycles. The normalized spacial score (nSPS) is 25.9. The maximum Gasteiger partial charge on any atom is 0.416 e. The SMILES string of the molecule is CC1(C(=O)Nc2cc(C(F)(F)F)ccc2O)COCC1N. The Kier molecular flexibility index (Phi) is 3.85. The number of alkyl halides is 3. The van der Waals surface area contributed by atoms with Crippen LogP contribution in [0.5, 0.6) is 5.75 Å². The van der Waals surface area contributed by atoms with Crippen LogP contribution in [0.15, 0.2) is 18.2 Å². The summed E-state index contributed by atoms with van der Waals surface area (Å²) in [6.07, 6.45) is -4.57. The van der Waals surface area contributed by atoms with Crippen LogP contribution in [0.1, 0.15) is 12.5 Å². The molecule has 2 rings (SSSR count). The quantitative estimate of drug-likeness (QED) is 0.726. The number of rotatable bonds is 2. The molecule has 2 atom stereocenters. The molecule has 2 unspecified atom stereocenters. The van der Waals surface area contributed by atoms with Crippen molar-refractivity contribution >= 4 is 11.6 Å². The first kappa shape index (κ1) is 15.6. The van der Waals surface area contributed by atoms with Crippen LogP contribution in [0.4, 0.5) is 18.9 Å². The van der Waals surface area contributed by atoms with Gasteiger partial charge in [-0.05, 0) is 25.1 Å². The topological polar surface area (TPSA) is 84.6 Å². The van der Waals surface area contributed by atoms with Gasteiger partial charge >= 0.3 is 6.18 Å². The molecular weight excluding hydrogens is 289 g/mol. The Bertz CT molecular complexity index is 562. The summed E-state index contributed by atoms with van der Waals surface area (Å²) in [5, 5.41) is 11.9. The van der Waals surface area contributed by atoms with Gasteiger partial charge in [-0.15, -0.1) is 0 Å². The van der Waals surface area contributed by atoms with E-state index in [1.165, 1.54) is 0 Å². The zero-order chi connectivity index (χ0) is 15.8. The molecular formula is C13H15F3N2O3. The fourth-order valence-electron chi connectivity index (χ4n) is 2.00. The number of phenols is 1. The van der Waals surface area contributed by atoms with Crippen molar-refractivity contribution in [3.05, 3.63) is 23.8 Å². The van der Waals surface area contributed by atoms with Crippen molar-refractivity contribution in [2.24, 2.45) is 11.1 Å². The Hall–Kier alpha value is -1.80. The molecule has 116 valence electrons. The van der Waals surface area contributed by atoms with Gasteiger partial charge in [0.25, 0.3) is 0 Å². The van der Waals surface area contributed by atoms with E-state index in [1.807, 2.05) is 0 Å². The second kappa shape index (κ2) is 5.19. The van der Waals surface area contributed by atoms with E-state index in [4.69, 9.17) is 10.5 Å². The lowest BCUT2D eigenvalue weighted by atomic mass is 9.84. The second-order valence-corrected chi connectivity index (χ2v) is 5.22. The number of nitrogens with two attached hydrogens (primary N) is 1. The number of benzene rings is 1. The highest BCUT2D eigenvalue weighted by Gasteiger charge is 2.44. The molecule has 1 aliphatic rings. The Morgan fingerprint density at radius 2 is 2.19 bits per heavy atom. The second-order valence-electron chi connectivity index (χ2n) is 5.22. The fourth-order valence-corrected chi connectivity index (χ4v) is 2.00. The van der Waals surface area contributed by atoms with E-state index >= 15 is 0 Å². The van der Waals surface area contributed by atoms with Crippen molar-refractivity contribution in [3.63, 3.8) is 0 Å². The van der Waals surface area contributed by atoms with Gasteiger partial charge in [0.2, 0.25) is 5.91 Å². The van der Waals surface area contributed by atoms with Gasteiger partial charge in [0.15, 0.2) is 0 Å². The first-order valence-corrected chi connectivity index (χ1v) is 6.19. The highest BCUT2D eigenvalue weighted by Crippen LogP contribution is 2.36. The summed E-state index contributed by atoms with van der Waals surface area (Å²) in [5.41, 5.74) is 3.45. The summed E-state index contributed by atoms with van der Waals surface area (Å²) in [7, 11) is 0. The van der Waals surface area contributed by atoms with E-state index in [0.717, 1.165) is 12.1 Å². The molecule has 4 N–H and O–H groups in total.